The first kappa shape index (κ1) is 17.9. The van der Waals surface area contributed by atoms with E-state index in [0.29, 0.717) is 17.9 Å². The van der Waals surface area contributed by atoms with Crippen LogP contribution in [0.3, 0.4) is 0 Å². The van der Waals surface area contributed by atoms with Crippen LogP contribution in [-0.2, 0) is 14.3 Å². The largest absolute Gasteiger partial charge is 0.497 e. The van der Waals surface area contributed by atoms with Gasteiger partial charge >= 0.3 is 0 Å². The molecule has 0 saturated carbocycles. The van der Waals surface area contributed by atoms with Crippen LogP contribution in [0.15, 0.2) is 54.6 Å². The van der Waals surface area contributed by atoms with Gasteiger partial charge in [-0.1, -0.05) is 30.4 Å². The van der Waals surface area contributed by atoms with E-state index in [1.54, 1.807) is 31.4 Å². The molecule has 3 saturated heterocycles. The summed E-state index contributed by atoms with van der Waals surface area (Å²) in [4.78, 5) is 29.2. The maximum absolute atomic E-state index is 13.8. The molecule has 4 aliphatic heterocycles. The van der Waals surface area contributed by atoms with E-state index in [-0.39, 0.29) is 35.5 Å². The molecule has 6 heteroatoms. The molecule has 0 aromatic heterocycles. The molecule has 0 aliphatic carbocycles. The van der Waals surface area contributed by atoms with Crippen LogP contribution in [0.4, 0.5) is 5.69 Å². The normalized spacial score (nSPS) is 33.1. The first-order chi connectivity index (χ1) is 14.7. The molecule has 4 aliphatic rings. The fourth-order valence-electron chi connectivity index (χ4n) is 5.50. The highest BCUT2D eigenvalue weighted by molar-refractivity contribution is 6.05. The lowest BCUT2D eigenvalue weighted by Gasteiger charge is -2.35. The summed E-state index contributed by atoms with van der Waals surface area (Å²) in [6.45, 7) is 0.343. The molecule has 2 bridgehead atoms. The third kappa shape index (κ3) is 2.38. The van der Waals surface area contributed by atoms with Crippen LogP contribution in [-0.4, -0.2) is 49.8 Å². The molecule has 2 aromatic rings. The number of ketones is 2. The molecule has 6 atom stereocenters. The lowest BCUT2D eigenvalue weighted by Crippen LogP contribution is -2.48. The zero-order chi connectivity index (χ0) is 20.4. The maximum atomic E-state index is 13.8. The van der Waals surface area contributed by atoms with Gasteiger partial charge in [0.1, 0.15) is 5.75 Å². The molecule has 0 N–H and O–H groups in total. The highest BCUT2D eigenvalue weighted by atomic mass is 16.7. The smallest absolute Gasteiger partial charge is 0.218 e. The summed E-state index contributed by atoms with van der Waals surface area (Å²) < 4.78 is 16.7. The topological polar surface area (TPSA) is 65.1 Å². The van der Waals surface area contributed by atoms with Crippen molar-refractivity contribution in [1.82, 2.24) is 0 Å². The molecule has 6 rings (SSSR count). The summed E-state index contributed by atoms with van der Waals surface area (Å²) >= 11 is 0. The summed E-state index contributed by atoms with van der Waals surface area (Å²) in [5.74, 6) is 0.0442. The summed E-state index contributed by atoms with van der Waals surface area (Å²) in [7, 11) is 1.60. The van der Waals surface area contributed by atoms with Gasteiger partial charge in [-0.15, -0.1) is 0 Å². The molecular weight excluding hydrogens is 382 g/mol. The van der Waals surface area contributed by atoms with E-state index in [9.17, 15) is 9.59 Å². The highest BCUT2D eigenvalue weighted by Gasteiger charge is 2.63. The van der Waals surface area contributed by atoms with Crippen LogP contribution in [0.25, 0.3) is 6.08 Å². The minimum Gasteiger partial charge on any atom is -0.497 e. The minimum atomic E-state index is -0.807. The molecule has 6 nitrogen and oxygen atoms in total. The molecule has 0 amide bonds. The standard InChI is InChI=1S/C24H21NO5/c1-28-15-9-6-14(7-10-15)22(26)21-20-18-12-29-24(30-18)23(27)19(20)17-11-8-13-4-2-3-5-16(13)25(17)21/h2-11,17-21,24H,12H2,1H3/t17-,18+,19+,20+,21-,24+/m1/s1. The number of anilines is 1. The third-order valence-corrected chi connectivity index (χ3v) is 6.80. The highest BCUT2D eigenvalue weighted by Crippen LogP contribution is 2.51. The van der Waals surface area contributed by atoms with Gasteiger partial charge in [-0.25, -0.2) is 0 Å². The molecular formula is C24H21NO5. The number of nitrogens with zero attached hydrogens (tertiary/aromatic N) is 1. The maximum Gasteiger partial charge on any atom is 0.218 e. The van der Waals surface area contributed by atoms with Crippen molar-refractivity contribution >= 4 is 23.3 Å². The van der Waals surface area contributed by atoms with Crippen LogP contribution in [0.2, 0.25) is 0 Å². The number of hydrogen-bond acceptors (Lipinski definition) is 6. The van der Waals surface area contributed by atoms with Gasteiger partial charge in [0.15, 0.2) is 11.6 Å². The molecule has 2 aromatic carbocycles. The summed E-state index contributed by atoms with van der Waals surface area (Å²) in [6, 6.07) is 14.5. The monoisotopic (exact) mass is 403 g/mol. The predicted octanol–water partition coefficient (Wildman–Crippen LogP) is 2.72. The van der Waals surface area contributed by atoms with E-state index in [2.05, 4.69) is 17.1 Å². The van der Waals surface area contributed by atoms with Crippen LogP contribution in [0, 0.1) is 11.8 Å². The molecule has 0 unspecified atom stereocenters. The summed E-state index contributed by atoms with van der Waals surface area (Å²) in [6.07, 6.45) is 3.04. The average molecular weight is 403 g/mol. The van der Waals surface area contributed by atoms with Gasteiger partial charge in [-0.05, 0) is 35.9 Å². The molecule has 0 spiro atoms. The Balaban J connectivity index is 1.49. The van der Waals surface area contributed by atoms with Gasteiger partial charge in [0.2, 0.25) is 6.29 Å². The lowest BCUT2D eigenvalue weighted by molar-refractivity contribution is -0.163. The lowest BCUT2D eigenvalue weighted by atomic mass is 9.77. The first-order valence-corrected chi connectivity index (χ1v) is 10.2. The fraction of sp³-hybridized carbons (Fsp3) is 0.333. The van der Waals surface area contributed by atoms with Gasteiger partial charge in [0.25, 0.3) is 0 Å². The Hall–Kier alpha value is -2.96. The number of rotatable bonds is 3. The Morgan fingerprint density at radius 2 is 1.93 bits per heavy atom. The quantitative estimate of drug-likeness (QED) is 0.735. The van der Waals surface area contributed by atoms with E-state index in [1.807, 2.05) is 24.3 Å². The van der Waals surface area contributed by atoms with Crippen molar-refractivity contribution in [3.63, 3.8) is 0 Å². The summed E-state index contributed by atoms with van der Waals surface area (Å²) in [5, 5.41) is 0. The van der Waals surface area contributed by atoms with Crippen molar-refractivity contribution < 1.29 is 23.8 Å². The van der Waals surface area contributed by atoms with Crippen LogP contribution >= 0.6 is 0 Å². The number of methoxy groups -OCH3 is 1. The first-order valence-electron chi connectivity index (χ1n) is 10.2. The SMILES string of the molecule is COc1ccc(C(=O)[C@H]2[C@@H]3[C@@H](C(=O)[C@H]4OC[C@@H]3O4)[C@H]3C=Cc4ccccc4N32)cc1. The predicted molar refractivity (Wildman–Crippen MR) is 109 cm³/mol. The second kappa shape index (κ2) is 6.52. The third-order valence-electron chi connectivity index (χ3n) is 6.80. The Morgan fingerprint density at radius 1 is 1.13 bits per heavy atom. The number of carbonyl (C=O) groups is 2. The second-order valence-corrected chi connectivity index (χ2v) is 8.20. The average Bonchev–Trinajstić information content (AvgIpc) is 3.38. The van der Waals surface area contributed by atoms with Crippen molar-refractivity contribution in [2.75, 3.05) is 18.6 Å². The number of carbonyl (C=O) groups excluding carboxylic acids is 2. The number of Topliss-reactive ketones (excluding diaryl/α,β-unsaturated/α-hetero) is 2. The van der Waals surface area contributed by atoms with Crippen molar-refractivity contribution in [3.05, 3.63) is 65.7 Å². The van der Waals surface area contributed by atoms with E-state index in [4.69, 9.17) is 14.2 Å². The number of fused-ring (bicyclic) bond motifs is 8. The fourth-order valence-corrected chi connectivity index (χ4v) is 5.50. The van der Waals surface area contributed by atoms with Gasteiger partial charge in [0.05, 0.1) is 37.8 Å². The molecule has 3 fully saturated rings. The Morgan fingerprint density at radius 3 is 2.73 bits per heavy atom. The second-order valence-electron chi connectivity index (χ2n) is 8.20. The van der Waals surface area contributed by atoms with Crippen LogP contribution in [0.1, 0.15) is 15.9 Å². The van der Waals surface area contributed by atoms with Crippen molar-refractivity contribution in [2.24, 2.45) is 11.8 Å². The van der Waals surface area contributed by atoms with Gasteiger partial charge in [-0.3, -0.25) is 9.59 Å². The number of ether oxygens (including phenoxy) is 3. The van der Waals surface area contributed by atoms with E-state index in [1.165, 1.54) is 0 Å². The van der Waals surface area contributed by atoms with E-state index < -0.39 is 12.3 Å². The van der Waals surface area contributed by atoms with E-state index >= 15 is 0 Å². The Labute approximate surface area is 174 Å². The van der Waals surface area contributed by atoms with Crippen LogP contribution < -0.4 is 9.64 Å². The Bertz CT molecular complexity index is 1060. The molecule has 30 heavy (non-hydrogen) atoms. The van der Waals surface area contributed by atoms with Gasteiger partial charge in [0, 0.05) is 17.2 Å². The zero-order valence-corrected chi connectivity index (χ0v) is 16.4. The summed E-state index contributed by atoms with van der Waals surface area (Å²) in [5.41, 5.74) is 2.63. The van der Waals surface area contributed by atoms with Crippen molar-refractivity contribution in [3.8, 4) is 5.75 Å². The molecule has 152 valence electrons. The zero-order valence-electron chi connectivity index (χ0n) is 16.4. The van der Waals surface area contributed by atoms with E-state index in [0.717, 1.165) is 11.3 Å². The van der Waals surface area contributed by atoms with Gasteiger partial charge in [-0.2, -0.15) is 0 Å². The van der Waals surface area contributed by atoms with Crippen molar-refractivity contribution in [1.29, 1.82) is 0 Å². The molecule has 0 radical (unpaired) electrons. The van der Waals surface area contributed by atoms with Crippen LogP contribution in [0.5, 0.6) is 5.75 Å². The number of para-hydroxylation sites is 1. The minimum absolute atomic E-state index is 0.0120. The molecule has 4 heterocycles. The Kier molecular flexibility index (Phi) is 3.88. The van der Waals surface area contributed by atoms with Gasteiger partial charge < -0.3 is 19.1 Å². The van der Waals surface area contributed by atoms with Crippen molar-refractivity contribution in [2.45, 2.75) is 24.5 Å². The number of benzene rings is 2. The number of hydrogen-bond donors (Lipinski definition) is 0.